The van der Waals surface area contributed by atoms with E-state index in [9.17, 15) is 9.59 Å². The molecule has 27 heavy (non-hydrogen) atoms. The summed E-state index contributed by atoms with van der Waals surface area (Å²) in [4.78, 5) is 33.9. The first kappa shape index (κ1) is 17.4. The summed E-state index contributed by atoms with van der Waals surface area (Å²) < 4.78 is 0. The number of piperidine rings is 1. The van der Waals surface area contributed by atoms with Gasteiger partial charge in [0.25, 0.3) is 0 Å². The molecule has 2 aromatic heterocycles. The minimum atomic E-state index is -0.534. The van der Waals surface area contributed by atoms with Gasteiger partial charge in [-0.05, 0) is 49.2 Å². The van der Waals surface area contributed by atoms with Crippen LogP contribution in [-0.2, 0) is 6.54 Å². The Morgan fingerprint density at radius 2 is 2.15 bits per heavy atom. The van der Waals surface area contributed by atoms with Crippen molar-refractivity contribution in [1.82, 2.24) is 14.9 Å². The van der Waals surface area contributed by atoms with Crippen molar-refractivity contribution in [1.29, 1.82) is 0 Å². The number of amides is 1. The van der Waals surface area contributed by atoms with E-state index in [-0.39, 0.29) is 5.43 Å². The number of nitrogens with zero attached hydrogens (tertiary/aromatic N) is 2. The van der Waals surface area contributed by atoms with E-state index in [2.05, 4.69) is 20.9 Å². The first-order valence-electron chi connectivity index (χ1n) is 9.21. The average molecular weight is 362 g/mol. The van der Waals surface area contributed by atoms with E-state index in [1.165, 1.54) is 12.0 Å². The van der Waals surface area contributed by atoms with Gasteiger partial charge in [0.1, 0.15) is 0 Å². The fourth-order valence-electron chi connectivity index (χ4n) is 3.89. The van der Waals surface area contributed by atoms with Gasteiger partial charge in [-0.15, -0.1) is 0 Å². The number of carbonyl (C=O) groups excluding carboxylic acids is 1. The van der Waals surface area contributed by atoms with Gasteiger partial charge >= 0.3 is 0 Å². The van der Waals surface area contributed by atoms with Gasteiger partial charge in [-0.2, -0.15) is 0 Å². The number of primary amides is 1. The SMILES string of the molecule is NC(=O)c1ccc2[nH]c(CN3CCCC[C@H]3c3cccnc3)cc(=O)c2c1. The number of hydrogen-bond acceptors (Lipinski definition) is 4. The number of hydrogen-bond donors (Lipinski definition) is 2. The minimum Gasteiger partial charge on any atom is -0.366 e. The largest absolute Gasteiger partial charge is 0.366 e. The molecule has 1 atom stereocenters. The zero-order valence-electron chi connectivity index (χ0n) is 15.0. The van der Waals surface area contributed by atoms with Gasteiger partial charge in [0, 0.05) is 53.2 Å². The van der Waals surface area contributed by atoms with Crippen LogP contribution in [-0.4, -0.2) is 27.3 Å². The van der Waals surface area contributed by atoms with Crippen LogP contribution in [0.15, 0.2) is 53.6 Å². The number of H-pyrrole nitrogens is 1. The third-order valence-electron chi connectivity index (χ3n) is 5.23. The summed E-state index contributed by atoms with van der Waals surface area (Å²) in [5.41, 5.74) is 8.36. The number of fused-ring (bicyclic) bond motifs is 1. The molecule has 6 nitrogen and oxygen atoms in total. The molecule has 4 rings (SSSR count). The maximum absolute atomic E-state index is 12.6. The fraction of sp³-hybridized carbons (Fsp3) is 0.286. The molecule has 0 unspecified atom stereocenters. The number of aromatic amines is 1. The highest BCUT2D eigenvalue weighted by Gasteiger charge is 2.24. The normalized spacial score (nSPS) is 17.9. The molecule has 1 aromatic carbocycles. The van der Waals surface area contributed by atoms with Gasteiger partial charge in [-0.3, -0.25) is 19.5 Å². The standard InChI is InChI=1S/C21H22N4O2/c22-21(27)14-6-7-18-17(10-14)20(26)11-16(24-18)13-25-9-2-1-5-19(25)15-4-3-8-23-12-15/h3-4,6-8,10-12,19H,1-2,5,9,13H2,(H2,22,27)(H,24,26)/t19-/m0/s1. The van der Waals surface area contributed by atoms with Crippen molar-refractivity contribution in [3.63, 3.8) is 0 Å². The van der Waals surface area contributed by atoms with Crippen molar-refractivity contribution in [2.45, 2.75) is 31.8 Å². The summed E-state index contributed by atoms with van der Waals surface area (Å²) in [6, 6.07) is 11.0. The molecule has 0 saturated carbocycles. The van der Waals surface area contributed by atoms with Crippen molar-refractivity contribution < 1.29 is 4.79 Å². The predicted octanol–water partition coefficient (Wildman–Crippen LogP) is 2.75. The number of aromatic nitrogens is 2. The smallest absolute Gasteiger partial charge is 0.248 e. The maximum Gasteiger partial charge on any atom is 0.248 e. The van der Waals surface area contributed by atoms with Crippen LogP contribution in [0.3, 0.4) is 0 Å². The van der Waals surface area contributed by atoms with Crippen LogP contribution in [0.25, 0.3) is 10.9 Å². The van der Waals surface area contributed by atoms with Crippen LogP contribution < -0.4 is 11.2 Å². The number of likely N-dealkylation sites (tertiary alicyclic amines) is 1. The number of nitrogens with two attached hydrogens (primary N) is 1. The number of nitrogens with one attached hydrogen (secondary N) is 1. The van der Waals surface area contributed by atoms with Gasteiger partial charge in [0.2, 0.25) is 5.91 Å². The zero-order chi connectivity index (χ0) is 18.8. The summed E-state index contributed by atoms with van der Waals surface area (Å²) >= 11 is 0. The van der Waals surface area contributed by atoms with E-state index in [0.717, 1.165) is 30.6 Å². The average Bonchev–Trinajstić information content (AvgIpc) is 2.69. The van der Waals surface area contributed by atoms with Crippen LogP contribution in [0.4, 0.5) is 0 Å². The van der Waals surface area contributed by atoms with Gasteiger partial charge in [0.15, 0.2) is 5.43 Å². The molecule has 1 aliphatic heterocycles. The summed E-state index contributed by atoms with van der Waals surface area (Å²) in [6.45, 7) is 1.66. The molecule has 0 radical (unpaired) electrons. The van der Waals surface area contributed by atoms with Gasteiger partial charge in [-0.1, -0.05) is 12.5 Å². The van der Waals surface area contributed by atoms with Crippen LogP contribution in [0.5, 0.6) is 0 Å². The Labute approximate surface area is 157 Å². The lowest BCUT2D eigenvalue weighted by Gasteiger charge is -2.35. The summed E-state index contributed by atoms with van der Waals surface area (Å²) in [6.07, 6.45) is 7.15. The highest BCUT2D eigenvalue weighted by Crippen LogP contribution is 2.31. The zero-order valence-corrected chi connectivity index (χ0v) is 15.0. The molecule has 0 spiro atoms. The topological polar surface area (TPSA) is 92.1 Å². The quantitative estimate of drug-likeness (QED) is 0.746. The van der Waals surface area contributed by atoms with E-state index in [1.807, 2.05) is 12.3 Å². The van der Waals surface area contributed by atoms with E-state index in [4.69, 9.17) is 5.73 Å². The highest BCUT2D eigenvalue weighted by molar-refractivity contribution is 5.96. The Kier molecular flexibility index (Phi) is 4.73. The second-order valence-corrected chi connectivity index (χ2v) is 7.05. The molecule has 0 bridgehead atoms. The molecule has 1 aliphatic rings. The predicted molar refractivity (Wildman–Crippen MR) is 104 cm³/mol. The van der Waals surface area contributed by atoms with E-state index in [1.54, 1.807) is 30.5 Å². The van der Waals surface area contributed by atoms with Crippen LogP contribution in [0.2, 0.25) is 0 Å². The van der Waals surface area contributed by atoms with Gasteiger partial charge in [-0.25, -0.2) is 0 Å². The molecular weight excluding hydrogens is 340 g/mol. The Balaban J connectivity index is 1.65. The third-order valence-corrected chi connectivity index (χ3v) is 5.23. The Morgan fingerprint density at radius 1 is 1.26 bits per heavy atom. The Morgan fingerprint density at radius 3 is 2.93 bits per heavy atom. The van der Waals surface area contributed by atoms with E-state index >= 15 is 0 Å². The molecule has 1 fully saturated rings. The highest BCUT2D eigenvalue weighted by atomic mass is 16.1. The van der Waals surface area contributed by atoms with E-state index in [0.29, 0.717) is 23.5 Å². The van der Waals surface area contributed by atoms with Crippen molar-refractivity contribution in [3.05, 3.63) is 75.8 Å². The van der Waals surface area contributed by atoms with Crippen molar-refractivity contribution in [3.8, 4) is 0 Å². The maximum atomic E-state index is 12.6. The molecule has 3 N–H and O–H groups in total. The summed E-state index contributed by atoms with van der Waals surface area (Å²) in [7, 11) is 0. The third kappa shape index (κ3) is 3.61. The van der Waals surface area contributed by atoms with E-state index < -0.39 is 5.91 Å². The van der Waals surface area contributed by atoms with Crippen molar-refractivity contribution in [2.24, 2.45) is 5.73 Å². The van der Waals surface area contributed by atoms with Crippen molar-refractivity contribution >= 4 is 16.8 Å². The van der Waals surface area contributed by atoms with Gasteiger partial charge in [0.05, 0.1) is 0 Å². The number of carbonyl (C=O) groups is 1. The summed E-state index contributed by atoms with van der Waals surface area (Å²) in [5.74, 6) is -0.534. The lowest BCUT2D eigenvalue weighted by molar-refractivity contribution is 0.100. The molecule has 0 aliphatic carbocycles. The molecule has 6 heteroatoms. The molecule has 1 saturated heterocycles. The van der Waals surface area contributed by atoms with Crippen LogP contribution >= 0.6 is 0 Å². The monoisotopic (exact) mass is 362 g/mol. The lowest BCUT2D eigenvalue weighted by Crippen LogP contribution is -2.33. The Bertz CT molecular complexity index is 1030. The summed E-state index contributed by atoms with van der Waals surface area (Å²) in [5, 5.41) is 0.484. The van der Waals surface area contributed by atoms with Gasteiger partial charge < -0.3 is 10.7 Å². The van der Waals surface area contributed by atoms with Crippen LogP contribution in [0.1, 0.15) is 46.9 Å². The number of pyridine rings is 2. The molecule has 138 valence electrons. The van der Waals surface area contributed by atoms with Crippen LogP contribution in [0, 0.1) is 0 Å². The van der Waals surface area contributed by atoms with Crippen molar-refractivity contribution in [2.75, 3.05) is 6.54 Å². The second kappa shape index (κ2) is 7.32. The lowest BCUT2D eigenvalue weighted by atomic mass is 9.96. The molecule has 3 heterocycles. The first-order chi connectivity index (χ1) is 13.1. The minimum absolute atomic E-state index is 0.100. The Hall–Kier alpha value is -2.99. The first-order valence-corrected chi connectivity index (χ1v) is 9.21. The second-order valence-electron chi connectivity index (χ2n) is 7.05. The number of rotatable bonds is 4. The molecular formula is C21H22N4O2. The molecule has 3 aromatic rings. The molecule has 1 amide bonds. The fourth-order valence-corrected chi connectivity index (χ4v) is 3.89. The number of benzene rings is 1.